The topological polar surface area (TPSA) is 125 Å². The van der Waals surface area contributed by atoms with Crippen LogP contribution in [0.15, 0.2) is 0 Å². The van der Waals surface area contributed by atoms with Crippen molar-refractivity contribution in [3.63, 3.8) is 0 Å². The van der Waals surface area contributed by atoms with Crippen LogP contribution in [0, 0.1) is 59.2 Å². The van der Waals surface area contributed by atoms with E-state index in [4.69, 9.17) is 4.84 Å². The lowest BCUT2D eigenvalue weighted by atomic mass is 9.69. The van der Waals surface area contributed by atoms with Crippen LogP contribution in [-0.4, -0.2) is 47.8 Å². The first-order chi connectivity index (χ1) is 22.4. The number of carbonyl (C=O) groups is 3. The monoisotopic (exact) mass is 644 g/mol. The number of carbonyl (C=O) groups excluding carboxylic acids is 1. The molecule has 0 aromatic carbocycles. The minimum absolute atomic E-state index is 0.0405. The molecule has 8 heteroatoms. The highest BCUT2D eigenvalue weighted by atomic mass is 16.6. The molecule has 4 N–H and O–H groups in total. The lowest BCUT2D eigenvalue weighted by Crippen LogP contribution is -2.43. The van der Waals surface area contributed by atoms with Crippen molar-refractivity contribution in [3.05, 3.63) is 0 Å². The van der Waals surface area contributed by atoms with Crippen molar-refractivity contribution in [1.29, 1.82) is 0 Å². The minimum Gasteiger partial charge on any atom is -0.481 e. The average Bonchev–Trinajstić information content (AvgIpc) is 3.07. The first-order valence-corrected chi connectivity index (χ1v) is 19.4. The van der Waals surface area contributed by atoms with Crippen LogP contribution in [0.25, 0.3) is 0 Å². The Morgan fingerprint density at radius 1 is 0.522 bits per heavy atom. The Labute approximate surface area is 277 Å². The third-order valence-corrected chi connectivity index (χ3v) is 13.1. The van der Waals surface area contributed by atoms with E-state index in [0.29, 0.717) is 43.2 Å². The Kier molecular flexibility index (Phi) is 14.1. The van der Waals surface area contributed by atoms with Gasteiger partial charge in [-0.15, -0.1) is 0 Å². The zero-order valence-electron chi connectivity index (χ0n) is 28.5. The molecule has 5 aliphatic carbocycles. The van der Waals surface area contributed by atoms with E-state index in [-0.39, 0.29) is 17.7 Å². The maximum Gasteiger partial charge on any atom is 0.307 e. The Bertz CT molecular complexity index is 955. The van der Waals surface area contributed by atoms with Crippen LogP contribution >= 0.6 is 0 Å². The highest BCUT2D eigenvalue weighted by Gasteiger charge is 2.40. The van der Waals surface area contributed by atoms with Gasteiger partial charge in [-0.25, -0.2) is 5.48 Å². The summed E-state index contributed by atoms with van der Waals surface area (Å²) >= 11 is 0. The summed E-state index contributed by atoms with van der Waals surface area (Å²) in [4.78, 5) is 43.2. The molecule has 0 bridgehead atoms. The molecule has 1 amide bonds. The smallest absolute Gasteiger partial charge is 0.307 e. The maximum atomic E-state index is 13.3. The summed E-state index contributed by atoms with van der Waals surface area (Å²) in [7, 11) is 0. The molecule has 0 heterocycles. The molecule has 6 atom stereocenters. The third-order valence-electron chi connectivity index (χ3n) is 13.1. The molecule has 0 aromatic rings. The molecule has 5 fully saturated rings. The van der Waals surface area contributed by atoms with Gasteiger partial charge in [-0.1, -0.05) is 64.2 Å². The van der Waals surface area contributed by atoms with E-state index in [1.165, 1.54) is 77.0 Å². The van der Waals surface area contributed by atoms with Gasteiger partial charge in [-0.05, 0) is 118 Å². The van der Waals surface area contributed by atoms with Gasteiger partial charge in [-0.2, -0.15) is 0 Å². The van der Waals surface area contributed by atoms with Gasteiger partial charge in [0, 0.05) is 13.1 Å². The second kappa shape index (κ2) is 18.2. The zero-order chi connectivity index (χ0) is 32.3. The summed E-state index contributed by atoms with van der Waals surface area (Å²) in [5.74, 6) is 0.985. The normalized spacial score (nSPS) is 35.0. The Morgan fingerprint density at radius 3 is 1.59 bits per heavy atom. The predicted octanol–water partition coefficient (Wildman–Crippen LogP) is 7.61. The molecule has 6 unspecified atom stereocenters. The molecule has 0 radical (unpaired) electrons. The SMILES string of the molecule is O=C(O)C1CCC(CC2CCCCC2)CC1CONCC1CCC(CNC(=O)C2CC(CC3CCCCC3)CCC2C(=O)O)CC1. The van der Waals surface area contributed by atoms with Gasteiger partial charge < -0.3 is 20.4 Å². The molecule has 5 aliphatic rings. The Morgan fingerprint density at radius 2 is 1.02 bits per heavy atom. The first-order valence-electron chi connectivity index (χ1n) is 19.4. The van der Waals surface area contributed by atoms with Gasteiger partial charge in [0.25, 0.3) is 0 Å². The van der Waals surface area contributed by atoms with E-state index in [9.17, 15) is 24.6 Å². The minimum atomic E-state index is -0.812. The number of hydrogen-bond acceptors (Lipinski definition) is 5. The van der Waals surface area contributed by atoms with Crippen molar-refractivity contribution in [2.75, 3.05) is 19.7 Å². The van der Waals surface area contributed by atoms with Crippen LogP contribution in [0.3, 0.4) is 0 Å². The quantitative estimate of drug-likeness (QED) is 0.113. The fourth-order valence-corrected chi connectivity index (χ4v) is 10.3. The third kappa shape index (κ3) is 10.7. The summed E-state index contributed by atoms with van der Waals surface area (Å²) in [6.45, 7) is 1.89. The van der Waals surface area contributed by atoms with E-state index in [1.807, 2.05) is 0 Å². The van der Waals surface area contributed by atoms with E-state index in [1.54, 1.807) is 0 Å². The predicted molar refractivity (Wildman–Crippen MR) is 179 cm³/mol. The van der Waals surface area contributed by atoms with Crippen molar-refractivity contribution in [2.45, 2.75) is 141 Å². The number of carboxylic acid groups (broad SMARTS) is 2. The zero-order valence-corrected chi connectivity index (χ0v) is 28.5. The van der Waals surface area contributed by atoms with Crippen molar-refractivity contribution < 1.29 is 29.4 Å². The van der Waals surface area contributed by atoms with Crippen LogP contribution in [0.4, 0.5) is 0 Å². The molecule has 0 saturated heterocycles. The molecule has 46 heavy (non-hydrogen) atoms. The summed E-state index contributed by atoms with van der Waals surface area (Å²) in [5, 5.41) is 22.9. The lowest BCUT2D eigenvalue weighted by molar-refractivity contribution is -0.150. The van der Waals surface area contributed by atoms with Crippen molar-refractivity contribution in [3.8, 4) is 0 Å². The second-order valence-corrected chi connectivity index (χ2v) is 16.4. The number of aliphatic carboxylic acids is 2. The first kappa shape index (κ1) is 35.6. The van der Waals surface area contributed by atoms with Gasteiger partial charge in [-0.3, -0.25) is 14.4 Å². The van der Waals surface area contributed by atoms with Crippen LogP contribution in [-0.2, 0) is 19.2 Å². The number of nitrogens with one attached hydrogen (secondary N) is 2. The highest BCUT2D eigenvalue weighted by molar-refractivity contribution is 5.84. The number of amides is 1. The standard InChI is InChI=1S/C38H64N2O6/c41-36(35-22-31(16-18-34(35)38(44)45)20-27-9-5-2-6-10-27)39-23-28-11-13-29(14-12-28)24-40-46-25-32-21-30(15-17-33(32)37(42)43)19-26-7-3-1-4-8-26/h26-35,40H,1-25H2,(H,39,41)(H,42,43)(H,44,45). The van der Waals surface area contributed by atoms with E-state index in [2.05, 4.69) is 10.8 Å². The number of carboxylic acids is 2. The molecule has 262 valence electrons. The molecular weight excluding hydrogens is 580 g/mol. The van der Waals surface area contributed by atoms with E-state index in [0.717, 1.165) is 76.2 Å². The molecule has 0 aliphatic heterocycles. The molecule has 0 aromatic heterocycles. The van der Waals surface area contributed by atoms with Gasteiger partial charge in [0.2, 0.25) is 5.91 Å². The molecular formula is C38H64N2O6. The van der Waals surface area contributed by atoms with Crippen molar-refractivity contribution in [2.24, 2.45) is 59.2 Å². The van der Waals surface area contributed by atoms with Crippen LogP contribution in [0.5, 0.6) is 0 Å². The average molecular weight is 645 g/mol. The second-order valence-electron chi connectivity index (χ2n) is 16.4. The number of rotatable bonds is 14. The summed E-state index contributed by atoms with van der Waals surface area (Å²) < 4.78 is 0. The maximum absolute atomic E-state index is 13.3. The highest BCUT2D eigenvalue weighted by Crippen LogP contribution is 2.42. The summed E-state index contributed by atoms with van der Waals surface area (Å²) in [5.41, 5.74) is 3.20. The molecule has 5 rings (SSSR count). The largest absolute Gasteiger partial charge is 0.481 e. The fourth-order valence-electron chi connectivity index (χ4n) is 10.3. The number of hydroxylamine groups is 1. The number of hydrogen-bond donors (Lipinski definition) is 4. The van der Waals surface area contributed by atoms with Crippen LogP contribution < -0.4 is 10.8 Å². The summed E-state index contributed by atoms with van der Waals surface area (Å²) in [6, 6.07) is 0. The van der Waals surface area contributed by atoms with Gasteiger partial charge in [0.05, 0.1) is 24.4 Å². The van der Waals surface area contributed by atoms with Crippen LogP contribution in [0.2, 0.25) is 0 Å². The molecule has 5 saturated carbocycles. The van der Waals surface area contributed by atoms with Crippen molar-refractivity contribution >= 4 is 17.8 Å². The van der Waals surface area contributed by atoms with Crippen LogP contribution in [0.1, 0.15) is 141 Å². The summed E-state index contributed by atoms with van der Waals surface area (Å²) in [6.07, 6.45) is 25.2. The Balaban J connectivity index is 0.978. The molecule has 8 nitrogen and oxygen atoms in total. The van der Waals surface area contributed by atoms with Gasteiger partial charge in [0.15, 0.2) is 0 Å². The van der Waals surface area contributed by atoms with Gasteiger partial charge >= 0.3 is 11.9 Å². The van der Waals surface area contributed by atoms with Gasteiger partial charge in [0.1, 0.15) is 0 Å². The fraction of sp³-hybridized carbons (Fsp3) is 0.921. The van der Waals surface area contributed by atoms with E-state index < -0.39 is 23.8 Å². The Hall–Kier alpha value is -1.67. The lowest BCUT2D eigenvalue weighted by Gasteiger charge is -2.36. The van der Waals surface area contributed by atoms with Crippen molar-refractivity contribution in [1.82, 2.24) is 10.8 Å². The van der Waals surface area contributed by atoms with E-state index >= 15 is 0 Å². The molecule has 0 spiro atoms.